The van der Waals surface area contributed by atoms with Crippen LogP contribution in [-0.2, 0) is 11.3 Å². The smallest absolute Gasteiger partial charge is 0.324 e. The number of imide groups is 1. The Labute approximate surface area is 147 Å². The molecule has 0 radical (unpaired) electrons. The Hall–Kier alpha value is -2.41. The van der Waals surface area contributed by atoms with Crippen LogP contribution in [0.2, 0.25) is 0 Å². The third kappa shape index (κ3) is 3.51. The van der Waals surface area contributed by atoms with Gasteiger partial charge >= 0.3 is 6.03 Å². The fourth-order valence-electron chi connectivity index (χ4n) is 3.63. The molecule has 3 N–H and O–H groups in total. The summed E-state index contributed by atoms with van der Waals surface area (Å²) >= 11 is 0. The number of hydrogen-bond acceptors (Lipinski definition) is 4. The molecule has 2 atom stereocenters. The van der Waals surface area contributed by atoms with Gasteiger partial charge in [0.15, 0.2) is 0 Å². The maximum Gasteiger partial charge on any atom is 0.324 e. The fourth-order valence-corrected chi connectivity index (χ4v) is 3.63. The number of nitrogens with two attached hydrogens (primary N) is 1. The molecule has 3 rings (SSSR count). The monoisotopic (exact) mass is 344 g/mol. The van der Waals surface area contributed by atoms with E-state index >= 15 is 0 Å². The van der Waals surface area contributed by atoms with Crippen LogP contribution in [0.1, 0.15) is 35.7 Å². The molecule has 0 saturated carbocycles. The van der Waals surface area contributed by atoms with Crippen molar-refractivity contribution in [1.82, 2.24) is 15.1 Å². The predicted molar refractivity (Wildman–Crippen MR) is 92.7 cm³/mol. The molecule has 2 heterocycles. The van der Waals surface area contributed by atoms with Gasteiger partial charge in [-0.3, -0.25) is 14.5 Å². The van der Waals surface area contributed by atoms with E-state index in [2.05, 4.69) is 12.2 Å². The second-order valence-electron chi connectivity index (χ2n) is 6.76. The van der Waals surface area contributed by atoms with Crippen molar-refractivity contribution in [2.45, 2.75) is 32.4 Å². The number of likely N-dealkylation sites (tertiary alicyclic amines) is 1. The number of hydrogen-bond donors (Lipinski definition) is 2. The van der Waals surface area contributed by atoms with Crippen LogP contribution < -0.4 is 11.1 Å². The first kappa shape index (κ1) is 17.4. The Bertz CT molecular complexity index is 675. The Morgan fingerprint density at radius 3 is 2.84 bits per heavy atom. The molecule has 0 aliphatic carbocycles. The number of rotatable bonds is 4. The van der Waals surface area contributed by atoms with Crippen molar-refractivity contribution in [2.24, 2.45) is 11.7 Å². The van der Waals surface area contributed by atoms with Crippen LogP contribution in [0.15, 0.2) is 24.3 Å². The summed E-state index contributed by atoms with van der Waals surface area (Å²) in [4.78, 5) is 39.4. The van der Waals surface area contributed by atoms with Crippen LogP contribution in [0, 0.1) is 5.92 Å². The van der Waals surface area contributed by atoms with E-state index in [1.807, 2.05) is 11.0 Å². The van der Waals surface area contributed by atoms with Gasteiger partial charge in [0.25, 0.3) is 5.91 Å². The van der Waals surface area contributed by atoms with Crippen molar-refractivity contribution in [3.63, 3.8) is 0 Å². The molecule has 134 valence electrons. The summed E-state index contributed by atoms with van der Waals surface area (Å²) in [5.74, 6) is 0.0904. The van der Waals surface area contributed by atoms with Gasteiger partial charge in [0.1, 0.15) is 0 Å². The van der Waals surface area contributed by atoms with Crippen LogP contribution >= 0.6 is 0 Å². The third-order valence-electron chi connectivity index (χ3n) is 5.07. The summed E-state index contributed by atoms with van der Waals surface area (Å²) in [7, 11) is 0. The van der Waals surface area contributed by atoms with Gasteiger partial charge in [0.05, 0.1) is 13.1 Å². The maximum atomic E-state index is 12.9. The number of nitrogens with one attached hydrogen (secondary N) is 1. The third-order valence-corrected chi connectivity index (χ3v) is 5.07. The van der Waals surface area contributed by atoms with Gasteiger partial charge in [0.2, 0.25) is 5.91 Å². The predicted octanol–water partition coefficient (Wildman–Crippen LogP) is 0.938. The molecular weight excluding hydrogens is 320 g/mol. The average molecular weight is 344 g/mol. The van der Waals surface area contributed by atoms with Crippen molar-refractivity contribution in [3.8, 4) is 0 Å². The van der Waals surface area contributed by atoms with Crippen molar-refractivity contribution >= 4 is 17.8 Å². The maximum absolute atomic E-state index is 12.9. The van der Waals surface area contributed by atoms with Gasteiger partial charge in [0, 0.05) is 24.7 Å². The quantitative estimate of drug-likeness (QED) is 0.795. The first-order chi connectivity index (χ1) is 12.0. The van der Waals surface area contributed by atoms with Crippen LogP contribution in [0.25, 0.3) is 0 Å². The topological polar surface area (TPSA) is 95.7 Å². The van der Waals surface area contributed by atoms with E-state index < -0.39 is 6.03 Å². The van der Waals surface area contributed by atoms with Gasteiger partial charge in [-0.2, -0.15) is 0 Å². The molecule has 0 aromatic heterocycles. The van der Waals surface area contributed by atoms with Crippen LogP contribution in [-0.4, -0.2) is 53.3 Å². The summed E-state index contributed by atoms with van der Waals surface area (Å²) in [6.07, 6.45) is 2.06. The van der Waals surface area contributed by atoms with Gasteiger partial charge in [-0.25, -0.2) is 4.79 Å². The fraction of sp³-hybridized carbons (Fsp3) is 0.500. The lowest BCUT2D eigenvalue weighted by Crippen LogP contribution is -2.51. The summed E-state index contributed by atoms with van der Waals surface area (Å²) in [5, 5.41) is 2.50. The lowest BCUT2D eigenvalue weighted by molar-refractivity contribution is -0.125. The van der Waals surface area contributed by atoms with Crippen LogP contribution in [0.4, 0.5) is 4.79 Å². The molecule has 0 spiro atoms. The zero-order chi connectivity index (χ0) is 18.0. The number of benzene rings is 1. The van der Waals surface area contributed by atoms with Gasteiger partial charge < -0.3 is 16.0 Å². The van der Waals surface area contributed by atoms with Crippen molar-refractivity contribution < 1.29 is 14.4 Å². The number of carbonyl (C=O) groups is 3. The first-order valence-electron chi connectivity index (χ1n) is 8.69. The highest BCUT2D eigenvalue weighted by molar-refractivity contribution is 6.02. The van der Waals surface area contributed by atoms with Crippen molar-refractivity contribution in [2.75, 3.05) is 19.6 Å². The van der Waals surface area contributed by atoms with E-state index in [4.69, 9.17) is 5.73 Å². The van der Waals surface area contributed by atoms with Crippen molar-refractivity contribution in [1.29, 1.82) is 0 Å². The number of piperidine rings is 1. The minimum Gasteiger partial charge on any atom is -0.334 e. The zero-order valence-corrected chi connectivity index (χ0v) is 14.4. The molecule has 1 aromatic carbocycles. The molecule has 2 aliphatic heterocycles. The normalized spacial score (nSPS) is 23.8. The summed E-state index contributed by atoms with van der Waals surface area (Å²) < 4.78 is 0. The van der Waals surface area contributed by atoms with Gasteiger partial charge in [-0.1, -0.05) is 19.1 Å². The van der Waals surface area contributed by atoms with Crippen molar-refractivity contribution in [3.05, 3.63) is 35.4 Å². The molecule has 2 aliphatic rings. The van der Waals surface area contributed by atoms with Crippen LogP contribution in [0.5, 0.6) is 0 Å². The minimum atomic E-state index is -0.394. The molecule has 25 heavy (non-hydrogen) atoms. The number of carbonyl (C=O) groups excluding carboxylic acids is 3. The van der Waals surface area contributed by atoms with E-state index in [0.717, 1.165) is 23.3 Å². The van der Waals surface area contributed by atoms with E-state index in [1.54, 1.807) is 18.2 Å². The number of amides is 4. The lowest BCUT2D eigenvalue weighted by atomic mass is 9.90. The standard InChI is InChI=1S/C18H24N4O3/c1-12-4-3-7-21(15(12)9-19)17(24)14-6-2-5-13(8-14)11-22-16(23)10-20-18(22)25/h2,5-6,8,12,15H,3-4,7,9-11,19H2,1H3,(H,20,25)/t12-,15-/m1/s1. The van der Waals surface area contributed by atoms with Gasteiger partial charge in [-0.05, 0) is 36.5 Å². The minimum absolute atomic E-state index is 0.0291. The molecule has 2 fully saturated rings. The van der Waals surface area contributed by atoms with E-state index in [1.165, 1.54) is 0 Å². The summed E-state index contributed by atoms with van der Waals surface area (Å²) in [6.45, 7) is 3.49. The average Bonchev–Trinajstić information content (AvgIpc) is 2.93. The SMILES string of the molecule is C[C@@H]1CCCN(C(=O)c2cccc(CN3C(=O)CNC3=O)c2)[C@@H]1CN. The summed E-state index contributed by atoms with van der Waals surface area (Å²) in [5.41, 5.74) is 7.21. The number of nitrogens with zero attached hydrogens (tertiary/aromatic N) is 2. The Morgan fingerprint density at radius 1 is 1.36 bits per heavy atom. The second kappa shape index (κ2) is 7.23. The molecule has 0 bridgehead atoms. The van der Waals surface area contributed by atoms with E-state index in [9.17, 15) is 14.4 Å². The number of urea groups is 1. The van der Waals surface area contributed by atoms with Gasteiger partial charge in [-0.15, -0.1) is 0 Å². The van der Waals surface area contributed by atoms with E-state index in [-0.39, 0.29) is 30.9 Å². The molecule has 2 saturated heterocycles. The highest BCUT2D eigenvalue weighted by Crippen LogP contribution is 2.24. The lowest BCUT2D eigenvalue weighted by Gasteiger charge is -2.39. The molecule has 0 unspecified atom stereocenters. The molecular formula is C18H24N4O3. The Morgan fingerprint density at radius 2 is 2.16 bits per heavy atom. The molecule has 4 amide bonds. The van der Waals surface area contributed by atoms with E-state index in [0.29, 0.717) is 24.6 Å². The first-order valence-corrected chi connectivity index (χ1v) is 8.69. The highest BCUT2D eigenvalue weighted by atomic mass is 16.2. The zero-order valence-electron chi connectivity index (χ0n) is 14.4. The second-order valence-corrected chi connectivity index (χ2v) is 6.76. The Kier molecular flexibility index (Phi) is 5.03. The molecule has 7 nitrogen and oxygen atoms in total. The molecule has 7 heteroatoms. The van der Waals surface area contributed by atoms with Crippen LogP contribution in [0.3, 0.4) is 0 Å². The Balaban J connectivity index is 1.77. The summed E-state index contributed by atoms with van der Waals surface area (Å²) in [6, 6.07) is 6.78. The largest absolute Gasteiger partial charge is 0.334 e. The highest BCUT2D eigenvalue weighted by Gasteiger charge is 2.32. The molecule has 1 aromatic rings.